The Morgan fingerprint density at radius 3 is 2.76 bits per heavy atom. The summed E-state index contributed by atoms with van der Waals surface area (Å²) in [5, 5.41) is 0. The Balaban J connectivity index is 2.72. The lowest BCUT2D eigenvalue weighted by atomic mass is 10.1. The molecule has 0 atom stereocenters. The summed E-state index contributed by atoms with van der Waals surface area (Å²) in [6.45, 7) is 7.07. The molecule has 80 valence electrons. The number of pyridine rings is 1. The molecule has 0 saturated heterocycles. The molecule has 0 N–H and O–H groups in total. The largest absolute Gasteiger partial charge is 0.654 e. The second kappa shape index (κ2) is 4.97. The van der Waals surface area contributed by atoms with Crippen molar-refractivity contribution in [1.82, 2.24) is 4.98 Å². The quantitative estimate of drug-likeness (QED) is 0.596. The second-order valence-corrected chi connectivity index (χ2v) is 3.48. The Bertz CT molecular complexity index is 581. The highest BCUT2D eigenvalue weighted by Gasteiger charge is 2.13. The van der Waals surface area contributed by atoms with Crippen molar-refractivity contribution in [1.29, 1.82) is 0 Å². The topological polar surface area (TPSA) is 26.5 Å². The van der Waals surface area contributed by atoms with E-state index in [9.17, 15) is 4.39 Å². The molecule has 1 aromatic carbocycles. The molecule has 17 heavy (non-hydrogen) atoms. The summed E-state index contributed by atoms with van der Waals surface area (Å²) in [5.41, 5.74) is 1.26. The van der Waals surface area contributed by atoms with Crippen molar-refractivity contribution in [2.24, 2.45) is 0 Å². The van der Waals surface area contributed by atoms with Crippen LogP contribution < -0.4 is 3.79 Å². The Labute approximate surface area is 106 Å². The van der Waals surface area contributed by atoms with Crippen LogP contribution in [0.15, 0.2) is 36.5 Å². The molecule has 0 bridgehead atoms. The van der Waals surface area contributed by atoms with Crippen LogP contribution in [0.1, 0.15) is 0 Å². The van der Waals surface area contributed by atoms with Crippen LogP contribution in [-0.2, 0) is 0 Å². The van der Waals surface area contributed by atoms with Crippen molar-refractivity contribution in [3.8, 4) is 17.0 Å². The van der Waals surface area contributed by atoms with Crippen LogP contribution in [0.4, 0.5) is 10.1 Å². The van der Waals surface area contributed by atoms with Crippen molar-refractivity contribution < 1.29 is 8.18 Å². The number of hydrogen-bond acceptors (Lipinski definition) is 2. The van der Waals surface area contributed by atoms with Gasteiger partial charge in [0, 0.05) is 17.8 Å². The first-order valence-corrected chi connectivity index (χ1v) is 5.22. The van der Waals surface area contributed by atoms with Gasteiger partial charge in [-0.15, -0.1) is 0 Å². The van der Waals surface area contributed by atoms with Gasteiger partial charge in [-0.25, -0.2) is 9.24 Å². The number of rotatable bonds is 2. The molecular formula is C12H6AlFN2O. The Morgan fingerprint density at radius 2 is 2.18 bits per heavy atom. The number of halogens is 1. The van der Waals surface area contributed by atoms with Crippen LogP contribution >= 0.6 is 0 Å². The summed E-state index contributed by atoms with van der Waals surface area (Å²) in [7, 11) is 0. The first-order chi connectivity index (χ1) is 8.26. The zero-order valence-electron chi connectivity index (χ0n) is 8.72. The standard InChI is InChI=1S/C12H7FN2O.Al/c1-14-10-6-8(13)7-11(16)12(10)9-4-2-3-5-15-9;/h2-7,16H;/q;+1/p-1. The minimum Gasteiger partial charge on any atom is -0.654 e. The highest BCUT2D eigenvalue weighted by atomic mass is 27.1. The first-order valence-electron chi connectivity index (χ1n) is 4.75. The van der Waals surface area contributed by atoms with Crippen molar-refractivity contribution in [3.63, 3.8) is 0 Å². The first kappa shape index (κ1) is 11.6. The summed E-state index contributed by atoms with van der Waals surface area (Å²) in [6.07, 6.45) is 1.61. The predicted molar refractivity (Wildman–Crippen MR) is 62.3 cm³/mol. The van der Waals surface area contributed by atoms with E-state index in [1.807, 2.05) is 16.6 Å². The molecule has 0 fully saturated rings. The molecule has 3 nitrogen and oxygen atoms in total. The number of hydrogen-bond donors (Lipinski definition) is 0. The highest BCUT2D eigenvalue weighted by Crippen LogP contribution is 2.38. The van der Waals surface area contributed by atoms with Crippen molar-refractivity contribution >= 4 is 22.3 Å². The van der Waals surface area contributed by atoms with Gasteiger partial charge in [-0.05, 0) is 18.2 Å². The molecule has 2 radical (unpaired) electrons. The summed E-state index contributed by atoms with van der Waals surface area (Å²) >= 11 is 2.05. The number of benzene rings is 1. The minimum atomic E-state index is -0.506. The maximum Gasteiger partial charge on any atom is 0.482 e. The van der Waals surface area contributed by atoms with E-state index in [4.69, 9.17) is 10.4 Å². The lowest BCUT2D eigenvalue weighted by molar-refractivity contribution is 0.588. The van der Waals surface area contributed by atoms with Crippen LogP contribution in [0, 0.1) is 12.4 Å². The molecule has 2 rings (SSSR count). The van der Waals surface area contributed by atoms with Gasteiger partial charge in [0.05, 0.1) is 18.0 Å². The van der Waals surface area contributed by atoms with Crippen LogP contribution in [0.25, 0.3) is 16.1 Å². The van der Waals surface area contributed by atoms with Gasteiger partial charge in [0.15, 0.2) is 0 Å². The molecule has 0 spiro atoms. The van der Waals surface area contributed by atoms with Gasteiger partial charge in [-0.3, -0.25) is 4.98 Å². The zero-order valence-corrected chi connectivity index (χ0v) is 9.88. The molecule has 0 aliphatic heterocycles. The molecule has 0 aliphatic rings. The zero-order chi connectivity index (χ0) is 12.3. The summed E-state index contributed by atoms with van der Waals surface area (Å²) < 4.78 is 18.3. The van der Waals surface area contributed by atoms with Gasteiger partial charge >= 0.3 is 16.6 Å². The predicted octanol–water partition coefficient (Wildman–Crippen LogP) is 2.90. The van der Waals surface area contributed by atoms with Crippen LogP contribution in [0.5, 0.6) is 5.75 Å². The van der Waals surface area contributed by atoms with Gasteiger partial charge in [-0.2, -0.15) is 0 Å². The fraction of sp³-hybridized carbons (Fsp3) is 0. The van der Waals surface area contributed by atoms with Crippen molar-refractivity contribution in [3.05, 3.63) is 53.8 Å². The van der Waals surface area contributed by atoms with E-state index in [0.29, 0.717) is 11.3 Å². The van der Waals surface area contributed by atoms with E-state index in [1.165, 1.54) is 12.1 Å². The molecule has 5 heteroatoms. The van der Waals surface area contributed by atoms with Crippen molar-refractivity contribution in [2.75, 3.05) is 0 Å². The molecule has 1 aromatic heterocycles. The Hall–Kier alpha value is -1.88. The fourth-order valence-corrected chi connectivity index (χ4v) is 1.70. The average Bonchev–Trinajstić information content (AvgIpc) is 2.38. The minimum absolute atomic E-state index is 0.182. The molecule has 0 amide bonds. The average molecular weight is 240 g/mol. The molecule has 2 aromatic rings. The molecule has 0 unspecified atom stereocenters. The maximum atomic E-state index is 13.2. The van der Waals surface area contributed by atoms with E-state index >= 15 is 0 Å². The molecular weight excluding hydrogens is 234 g/mol. The maximum absolute atomic E-state index is 13.2. The SMILES string of the molecule is [C-]#[N+]c1cc(F)cc([O][Al])c1-c1ccccn1. The third-order valence-electron chi connectivity index (χ3n) is 2.21. The monoisotopic (exact) mass is 240 g/mol. The van der Waals surface area contributed by atoms with Crippen molar-refractivity contribution in [2.45, 2.75) is 0 Å². The summed E-state index contributed by atoms with van der Waals surface area (Å²) in [4.78, 5) is 7.44. The highest BCUT2D eigenvalue weighted by molar-refractivity contribution is 6.01. The van der Waals surface area contributed by atoms with E-state index in [1.54, 1.807) is 24.4 Å². The van der Waals surface area contributed by atoms with E-state index in [2.05, 4.69) is 9.83 Å². The van der Waals surface area contributed by atoms with Gasteiger partial charge in [-0.1, -0.05) is 6.07 Å². The fourth-order valence-electron chi connectivity index (χ4n) is 1.52. The molecule has 1 heterocycles. The molecule has 0 saturated carbocycles. The Kier molecular flexibility index (Phi) is 3.39. The lowest BCUT2D eigenvalue weighted by Crippen LogP contribution is -1.92. The van der Waals surface area contributed by atoms with Gasteiger partial charge in [0.2, 0.25) is 5.69 Å². The van der Waals surface area contributed by atoms with Crippen LogP contribution in [0.3, 0.4) is 0 Å². The number of nitrogens with zero attached hydrogens (tertiary/aromatic N) is 2. The number of aromatic nitrogens is 1. The summed E-state index contributed by atoms with van der Waals surface area (Å²) in [5.74, 6) is -0.229. The van der Waals surface area contributed by atoms with E-state index < -0.39 is 5.82 Å². The van der Waals surface area contributed by atoms with E-state index in [0.717, 1.165) is 0 Å². The third-order valence-corrected chi connectivity index (χ3v) is 2.47. The normalized spacial score (nSPS) is 9.65. The van der Waals surface area contributed by atoms with Crippen LogP contribution in [-0.4, -0.2) is 21.6 Å². The smallest absolute Gasteiger partial charge is 0.482 e. The lowest BCUT2D eigenvalue weighted by Gasteiger charge is -2.12. The summed E-state index contributed by atoms with van der Waals surface area (Å²) in [6, 6.07) is 7.71. The second-order valence-electron chi connectivity index (χ2n) is 3.24. The third kappa shape index (κ3) is 2.29. The Morgan fingerprint density at radius 1 is 1.35 bits per heavy atom. The van der Waals surface area contributed by atoms with Gasteiger partial charge in [0.25, 0.3) is 0 Å². The van der Waals surface area contributed by atoms with Crippen LogP contribution in [0.2, 0.25) is 0 Å². The van der Waals surface area contributed by atoms with Gasteiger partial charge < -0.3 is 3.79 Å². The van der Waals surface area contributed by atoms with Gasteiger partial charge in [0.1, 0.15) is 5.82 Å². The molecule has 0 aliphatic carbocycles. The van der Waals surface area contributed by atoms with E-state index in [-0.39, 0.29) is 11.4 Å².